The molecule has 13 nitrogen and oxygen atoms in total. The Morgan fingerprint density at radius 2 is 0.811 bits per heavy atom. The summed E-state index contributed by atoms with van der Waals surface area (Å²) in [6, 6.07) is -3.14. The molecule has 37 heavy (non-hydrogen) atoms. The van der Waals surface area contributed by atoms with Crippen molar-refractivity contribution in [2.75, 3.05) is 56.7 Å². The zero-order valence-corrected chi connectivity index (χ0v) is 23.7. The van der Waals surface area contributed by atoms with Crippen LogP contribution in [0.25, 0.3) is 0 Å². The highest BCUT2D eigenvalue weighted by atomic mass is 32.1. The van der Waals surface area contributed by atoms with Crippen LogP contribution in [0.2, 0.25) is 0 Å². The zero-order chi connectivity index (χ0) is 28.4. The summed E-state index contributed by atoms with van der Waals surface area (Å²) in [5.41, 5.74) is 0. The summed E-state index contributed by atoms with van der Waals surface area (Å²) in [4.78, 5) is 74.9. The molecular weight excluding hydrogens is 548 g/mol. The van der Waals surface area contributed by atoms with E-state index in [4.69, 9.17) is 14.2 Å². The van der Waals surface area contributed by atoms with Crippen molar-refractivity contribution in [1.82, 2.24) is 20.9 Å². The summed E-state index contributed by atoms with van der Waals surface area (Å²) in [5, 5.41) is 7.30. The van der Waals surface area contributed by atoms with Crippen LogP contribution in [-0.4, -0.2) is 115 Å². The first kappa shape index (κ1) is 34.8. The van der Waals surface area contributed by atoms with Crippen molar-refractivity contribution < 1.29 is 43.0 Å². The van der Waals surface area contributed by atoms with E-state index >= 15 is 0 Å². The fraction of sp³-hybridized carbons (Fsp3) is 0.714. The van der Waals surface area contributed by atoms with Gasteiger partial charge in [0.25, 0.3) is 0 Å². The summed E-state index contributed by atoms with van der Waals surface area (Å²) in [7, 11) is 0. The number of nitrogens with one attached hydrogen (secondary N) is 3. The van der Waals surface area contributed by atoms with E-state index in [-0.39, 0.29) is 37.1 Å². The summed E-state index contributed by atoms with van der Waals surface area (Å²) >= 11 is 12.1. The third-order valence-electron chi connectivity index (χ3n) is 4.37. The SMILES string of the molecule is CCOC(=O)[C@H](CS)NC(=O)CN(CC(=O)N[C@@H](CS)C(=O)OCC)CC(=O)N[C@@H](CS)C(=O)OCC. The fourth-order valence-corrected chi connectivity index (χ4v) is 3.48. The van der Waals surface area contributed by atoms with Gasteiger partial charge >= 0.3 is 17.9 Å². The fourth-order valence-electron chi connectivity index (χ4n) is 2.76. The number of ether oxygens (including phenoxy) is 3. The van der Waals surface area contributed by atoms with Crippen LogP contribution in [0.4, 0.5) is 0 Å². The number of thiol groups is 3. The Labute approximate surface area is 232 Å². The van der Waals surface area contributed by atoms with E-state index in [0.717, 1.165) is 4.90 Å². The normalized spacial score (nSPS) is 13.1. The monoisotopic (exact) mass is 584 g/mol. The quantitative estimate of drug-likeness (QED) is 0.0615. The van der Waals surface area contributed by atoms with Crippen molar-refractivity contribution in [2.24, 2.45) is 0 Å². The molecule has 0 radical (unpaired) electrons. The number of rotatable bonds is 18. The third-order valence-corrected chi connectivity index (χ3v) is 5.46. The maximum absolute atomic E-state index is 12.6. The largest absolute Gasteiger partial charge is 0.464 e. The minimum atomic E-state index is -1.05. The van der Waals surface area contributed by atoms with Crippen molar-refractivity contribution in [3.8, 4) is 0 Å². The minimum absolute atomic E-state index is 0.0438. The first-order valence-corrected chi connectivity index (χ1v) is 13.4. The molecule has 3 N–H and O–H groups in total. The Kier molecular flexibility index (Phi) is 18.7. The molecule has 0 spiro atoms. The molecule has 212 valence electrons. The Balaban J connectivity index is 5.49. The van der Waals surface area contributed by atoms with Crippen LogP contribution >= 0.6 is 37.9 Å². The lowest BCUT2D eigenvalue weighted by Crippen LogP contribution is -2.53. The van der Waals surface area contributed by atoms with Gasteiger partial charge in [-0.3, -0.25) is 19.3 Å². The van der Waals surface area contributed by atoms with Gasteiger partial charge in [-0.25, -0.2) is 14.4 Å². The minimum Gasteiger partial charge on any atom is -0.464 e. The lowest BCUT2D eigenvalue weighted by molar-refractivity contribution is -0.147. The first-order chi connectivity index (χ1) is 17.6. The molecule has 0 saturated heterocycles. The van der Waals surface area contributed by atoms with Gasteiger partial charge in [-0.15, -0.1) is 0 Å². The highest BCUT2D eigenvalue weighted by Crippen LogP contribution is 1.99. The Morgan fingerprint density at radius 1 is 0.568 bits per heavy atom. The highest BCUT2D eigenvalue weighted by molar-refractivity contribution is 7.80. The molecular formula is C21H36N4O9S3. The van der Waals surface area contributed by atoms with Crippen LogP contribution in [0.1, 0.15) is 20.8 Å². The number of hydrogen-bond acceptors (Lipinski definition) is 13. The first-order valence-electron chi connectivity index (χ1n) is 11.5. The number of carbonyl (C=O) groups is 6. The highest BCUT2D eigenvalue weighted by Gasteiger charge is 2.27. The second-order valence-corrected chi connectivity index (χ2v) is 8.40. The van der Waals surface area contributed by atoms with Crippen LogP contribution in [0, 0.1) is 0 Å². The van der Waals surface area contributed by atoms with Gasteiger partial charge in [0.2, 0.25) is 17.7 Å². The summed E-state index contributed by atoms with van der Waals surface area (Å²) < 4.78 is 14.6. The number of amides is 3. The Hall–Kier alpha value is -2.17. The van der Waals surface area contributed by atoms with Gasteiger partial charge in [0.1, 0.15) is 18.1 Å². The van der Waals surface area contributed by atoms with Gasteiger partial charge in [0, 0.05) is 17.3 Å². The Morgan fingerprint density at radius 3 is 1.00 bits per heavy atom. The summed E-state index contributed by atoms with van der Waals surface area (Å²) in [5.74, 6) is -4.28. The van der Waals surface area contributed by atoms with Crippen LogP contribution in [0.5, 0.6) is 0 Å². The number of carbonyl (C=O) groups excluding carboxylic acids is 6. The molecule has 0 fully saturated rings. The van der Waals surface area contributed by atoms with Crippen molar-refractivity contribution in [1.29, 1.82) is 0 Å². The molecule has 0 aliphatic heterocycles. The van der Waals surface area contributed by atoms with Crippen LogP contribution < -0.4 is 16.0 Å². The van der Waals surface area contributed by atoms with Crippen molar-refractivity contribution in [3.63, 3.8) is 0 Å². The molecule has 3 amide bonds. The lowest BCUT2D eigenvalue weighted by Gasteiger charge is -2.24. The molecule has 0 aromatic rings. The predicted molar refractivity (Wildman–Crippen MR) is 144 cm³/mol. The van der Waals surface area contributed by atoms with Crippen molar-refractivity contribution in [3.05, 3.63) is 0 Å². The lowest BCUT2D eigenvalue weighted by atomic mass is 10.3. The molecule has 0 rings (SSSR count). The molecule has 0 aliphatic carbocycles. The molecule has 0 bridgehead atoms. The van der Waals surface area contributed by atoms with E-state index in [9.17, 15) is 28.8 Å². The van der Waals surface area contributed by atoms with Gasteiger partial charge in [-0.2, -0.15) is 37.9 Å². The molecule has 16 heteroatoms. The van der Waals surface area contributed by atoms with E-state index in [1.54, 1.807) is 20.8 Å². The van der Waals surface area contributed by atoms with E-state index < -0.39 is 73.4 Å². The topological polar surface area (TPSA) is 169 Å². The molecule has 0 aliphatic rings. The summed E-state index contributed by atoms with van der Waals surface area (Å²) in [6.45, 7) is 3.67. The second-order valence-electron chi connectivity index (χ2n) is 7.31. The van der Waals surface area contributed by atoms with Gasteiger partial charge in [-0.1, -0.05) is 0 Å². The van der Waals surface area contributed by atoms with E-state index in [1.807, 2.05) is 0 Å². The smallest absolute Gasteiger partial charge is 0.329 e. The predicted octanol–water partition coefficient (Wildman–Crippen LogP) is -1.78. The second kappa shape index (κ2) is 19.9. The van der Waals surface area contributed by atoms with E-state index in [1.165, 1.54) is 0 Å². The average molecular weight is 585 g/mol. The molecule has 0 saturated carbocycles. The molecule has 0 aromatic heterocycles. The average Bonchev–Trinajstić information content (AvgIpc) is 2.84. The third kappa shape index (κ3) is 14.4. The van der Waals surface area contributed by atoms with Gasteiger partial charge in [0.05, 0.1) is 39.5 Å². The van der Waals surface area contributed by atoms with Crippen LogP contribution in [-0.2, 0) is 43.0 Å². The Bertz CT molecular complexity index is 689. The zero-order valence-electron chi connectivity index (χ0n) is 21.1. The van der Waals surface area contributed by atoms with E-state index in [2.05, 4.69) is 53.8 Å². The van der Waals surface area contributed by atoms with Crippen molar-refractivity contribution in [2.45, 2.75) is 38.9 Å². The van der Waals surface area contributed by atoms with Gasteiger partial charge in [0.15, 0.2) is 0 Å². The van der Waals surface area contributed by atoms with E-state index in [0.29, 0.717) is 0 Å². The van der Waals surface area contributed by atoms with Crippen molar-refractivity contribution >= 4 is 73.5 Å². The number of esters is 3. The van der Waals surface area contributed by atoms with Crippen LogP contribution in [0.3, 0.4) is 0 Å². The molecule has 0 heterocycles. The van der Waals surface area contributed by atoms with Gasteiger partial charge in [-0.05, 0) is 20.8 Å². The standard InChI is InChI=1S/C21H36N4O9S3/c1-4-32-19(29)13(10-35)22-16(26)7-25(8-17(27)23-14(11-36)20(30)33-5-2)9-18(28)24-15(12-37)21(31)34-6-3/h13-15,35-37H,4-12H2,1-3H3,(H,22,26)(H,23,27)(H,24,28)/t13-,14-,15-/m0/s1. The van der Waals surface area contributed by atoms with Gasteiger partial charge < -0.3 is 30.2 Å². The molecule has 0 unspecified atom stereocenters. The maximum Gasteiger partial charge on any atom is 0.329 e. The molecule has 3 atom stereocenters. The molecule has 0 aromatic carbocycles. The summed E-state index contributed by atoms with van der Waals surface area (Å²) in [6.07, 6.45) is 0. The van der Waals surface area contributed by atoms with Crippen LogP contribution in [0.15, 0.2) is 0 Å². The number of hydrogen-bond donors (Lipinski definition) is 6. The maximum atomic E-state index is 12.6. The number of nitrogens with zero attached hydrogens (tertiary/aromatic N) is 1.